The summed E-state index contributed by atoms with van der Waals surface area (Å²) in [7, 11) is 0. The zero-order valence-corrected chi connectivity index (χ0v) is 11.5. The summed E-state index contributed by atoms with van der Waals surface area (Å²) >= 11 is 0. The van der Waals surface area contributed by atoms with Crippen molar-refractivity contribution in [2.45, 2.75) is 39.6 Å². The molecule has 4 nitrogen and oxygen atoms in total. The Morgan fingerprint density at radius 1 is 0.933 bits per heavy atom. The molecule has 0 heterocycles. The maximum atomic E-state index is 8.77. The van der Waals surface area contributed by atoms with Crippen LogP contribution in [0.4, 0.5) is 0 Å². The Kier molecular flexibility index (Phi) is 13.2. The number of aliphatic hydroxyl groups is 1. The van der Waals surface area contributed by atoms with Gasteiger partial charge in [-0.2, -0.15) is 0 Å². The molecule has 0 radical (unpaired) electrons. The van der Waals surface area contributed by atoms with E-state index >= 15 is 0 Å². The molecule has 0 saturated heterocycles. The fourth-order valence-electron chi connectivity index (χ4n) is 1.30. The van der Waals surface area contributed by atoms with Crippen LogP contribution in [-0.2, 0) is 35.9 Å². The average molecular weight is 254 g/mol. The van der Waals surface area contributed by atoms with Crippen molar-refractivity contribution in [2.24, 2.45) is 0 Å². The smallest absolute Gasteiger partial charge is 0.282 e. The van der Waals surface area contributed by atoms with Crippen LogP contribution in [0.5, 0.6) is 0 Å². The van der Waals surface area contributed by atoms with E-state index < -0.39 is 5.97 Å². The summed E-state index contributed by atoms with van der Waals surface area (Å²) < 4.78 is 16.4. The van der Waals surface area contributed by atoms with Gasteiger partial charge in [-0.05, 0) is 27.2 Å². The summed E-state index contributed by atoms with van der Waals surface area (Å²) in [6.07, 6.45) is 1.17. The van der Waals surface area contributed by atoms with E-state index in [1.807, 2.05) is 20.8 Å². The van der Waals surface area contributed by atoms with E-state index in [-0.39, 0.29) is 28.3 Å². The Bertz CT molecular complexity index is 116. The molecule has 0 aliphatic heterocycles. The summed E-state index contributed by atoms with van der Waals surface area (Å²) in [5.41, 5.74) is 0. The Morgan fingerprint density at radius 3 is 1.60 bits per heavy atom. The number of aliphatic hydroxyl groups excluding tert-OH is 1. The van der Waals surface area contributed by atoms with Crippen LogP contribution in [0.2, 0.25) is 0 Å². The van der Waals surface area contributed by atoms with Crippen LogP contribution >= 0.6 is 0 Å². The first-order valence-corrected chi connectivity index (χ1v) is 5.27. The van der Waals surface area contributed by atoms with E-state index in [1.54, 1.807) is 0 Å². The van der Waals surface area contributed by atoms with E-state index in [1.165, 1.54) is 0 Å². The molecule has 0 unspecified atom stereocenters. The van der Waals surface area contributed by atoms with Crippen molar-refractivity contribution in [3.63, 3.8) is 0 Å². The van der Waals surface area contributed by atoms with Gasteiger partial charge in [0.2, 0.25) is 0 Å². The first-order chi connectivity index (χ1) is 6.74. The molecule has 0 amide bonds. The molecule has 0 bridgehead atoms. The third-order valence-electron chi connectivity index (χ3n) is 1.73. The van der Waals surface area contributed by atoms with Gasteiger partial charge >= 0.3 is 0 Å². The van der Waals surface area contributed by atoms with E-state index in [0.717, 1.165) is 0 Å². The van der Waals surface area contributed by atoms with Crippen LogP contribution in [0.25, 0.3) is 0 Å². The largest absolute Gasteiger partial charge is 0.396 e. The number of hydrogen-bond donors (Lipinski definition) is 1. The van der Waals surface area contributed by atoms with Gasteiger partial charge in [0.05, 0.1) is 0 Å². The summed E-state index contributed by atoms with van der Waals surface area (Å²) in [4.78, 5) is 0. The zero-order valence-electron chi connectivity index (χ0n) is 9.91. The van der Waals surface area contributed by atoms with Gasteiger partial charge in [-0.3, -0.25) is 0 Å². The van der Waals surface area contributed by atoms with Crippen LogP contribution in [0.3, 0.4) is 0 Å². The van der Waals surface area contributed by atoms with Gasteiger partial charge in [0, 0.05) is 54.6 Å². The molecule has 0 fully saturated rings. The molecule has 0 saturated carbocycles. The van der Waals surface area contributed by atoms with E-state index in [9.17, 15) is 0 Å². The van der Waals surface area contributed by atoms with Crippen LogP contribution < -0.4 is 0 Å². The van der Waals surface area contributed by atoms with Crippen LogP contribution in [0.1, 0.15) is 33.6 Å². The molecule has 0 aliphatic rings. The molecule has 5 heteroatoms. The number of hydrogen-bond acceptors (Lipinski definition) is 4. The van der Waals surface area contributed by atoms with Gasteiger partial charge in [-0.15, -0.1) is 0 Å². The standard InChI is InChI=1S/C10H22O4.Ti/c1-4-12-10(13-5-2,14-6-3)8-7-9-11;/h11H,4-9H2,1-3H3;. The number of rotatable bonds is 9. The van der Waals surface area contributed by atoms with Gasteiger partial charge in [0.25, 0.3) is 5.97 Å². The molecule has 0 aromatic rings. The molecule has 0 aliphatic carbocycles. The molecule has 0 atom stereocenters. The first kappa shape index (κ1) is 17.9. The molecular formula is C10H22O4Ti. The molecular weight excluding hydrogens is 232 g/mol. The van der Waals surface area contributed by atoms with Gasteiger partial charge < -0.3 is 19.3 Å². The van der Waals surface area contributed by atoms with Crippen molar-refractivity contribution in [3.05, 3.63) is 0 Å². The van der Waals surface area contributed by atoms with Gasteiger partial charge in [-0.1, -0.05) is 0 Å². The second-order valence-corrected chi connectivity index (χ2v) is 2.81. The zero-order chi connectivity index (χ0) is 10.9. The Labute approximate surface area is 107 Å². The molecule has 90 valence electrons. The van der Waals surface area contributed by atoms with E-state index in [4.69, 9.17) is 19.3 Å². The van der Waals surface area contributed by atoms with Crippen LogP contribution in [-0.4, -0.2) is 37.5 Å². The van der Waals surface area contributed by atoms with Crippen molar-refractivity contribution < 1.29 is 41.0 Å². The molecule has 0 aromatic carbocycles. The van der Waals surface area contributed by atoms with Gasteiger partial charge in [0.15, 0.2) is 0 Å². The first-order valence-electron chi connectivity index (χ1n) is 5.27. The van der Waals surface area contributed by atoms with Crippen LogP contribution in [0.15, 0.2) is 0 Å². The summed E-state index contributed by atoms with van der Waals surface area (Å²) in [5, 5.41) is 8.77. The second kappa shape index (κ2) is 11.1. The normalized spacial score (nSPS) is 11.2. The predicted molar refractivity (Wildman–Crippen MR) is 53.9 cm³/mol. The van der Waals surface area contributed by atoms with E-state index in [2.05, 4.69) is 0 Å². The quantitative estimate of drug-likeness (QED) is 0.500. The average Bonchev–Trinajstić information content (AvgIpc) is 2.16. The van der Waals surface area contributed by atoms with Crippen molar-refractivity contribution >= 4 is 0 Å². The summed E-state index contributed by atoms with van der Waals surface area (Å²) in [6.45, 7) is 7.40. The maximum Gasteiger partial charge on any atom is 0.282 e. The minimum absolute atomic E-state index is 0. The van der Waals surface area contributed by atoms with Crippen molar-refractivity contribution in [1.29, 1.82) is 0 Å². The summed E-state index contributed by atoms with van der Waals surface area (Å²) in [5.74, 6) is -0.957. The topological polar surface area (TPSA) is 47.9 Å². The maximum absolute atomic E-state index is 8.77. The SMILES string of the molecule is CCOC(CCCO)(OCC)OCC.[Ti]. The van der Waals surface area contributed by atoms with Crippen molar-refractivity contribution in [2.75, 3.05) is 26.4 Å². The molecule has 1 N–H and O–H groups in total. The van der Waals surface area contributed by atoms with Crippen LogP contribution in [0, 0.1) is 0 Å². The molecule has 0 spiro atoms. The Morgan fingerprint density at radius 2 is 1.33 bits per heavy atom. The molecule has 0 aromatic heterocycles. The van der Waals surface area contributed by atoms with Crippen molar-refractivity contribution in [1.82, 2.24) is 0 Å². The predicted octanol–water partition coefficient (Wildman–Crippen LogP) is 1.52. The fourth-order valence-corrected chi connectivity index (χ4v) is 1.30. The minimum Gasteiger partial charge on any atom is -0.396 e. The fraction of sp³-hybridized carbons (Fsp3) is 1.00. The molecule has 0 rings (SSSR count). The van der Waals surface area contributed by atoms with Crippen molar-refractivity contribution in [3.8, 4) is 0 Å². The second-order valence-electron chi connectivity index (χ2n) is 2.81. The van der Waals surface area contributed by atoms with Gasteiger partial charge in [0.1, 0.15) is 0 Å². The monoisotopic (exact) mass is 254 g/mol. The number of ether oxygens (including phenoxy) is 3. The summed E-state index contributed by atoms with van der Waals surface area (Å²) in [6, 6.07) is 0. The Balaban J connectivity index is 0. The third-order valence-corrected chi connectivity index (χ3v) is 1.73. The minimum atomic E-state index is -0.957. The van der Waals surface area contributed by atoms with E-state index in [0.29, 0.717) is 32.7 Å². The van der Waals surface area contributed by atoms with Gasteiger partial charge in [-0.25, -0.2) is 0 Å². The Hall–Kier alpha value is 0.554. The molecule has 15 heavy (non-hydrogen) atoms. The third kappa shape index (κ3) is 7.44.